The lowest BCUT2D eigenvalue weighted by atomic mass is 10.1. The molecule has 0 saturated heterocycles. The summed E-state index contributed by atoms with van der Waals surface area (Å²) in [6.07, 6.45) is 3.77. The first-order chi connectivity index (χ1) is 10.1. The van der Waals surface area contributed by atoms with Crippen LogP contribution in [-0.4, -0.2) is 14.4 Å². The van der Waals surface area contributed by atoms with Gasteiger partial charge >= 0.3 is 0 Å². The van der Waals surface area contributed by atoms with Crippen LogP contribution in [0.4, 0.5) is 11.5 Å². The summed E-state index contributed by atoms with van der Waals surface area (Å²) >= 11 is 0. The Balaban J connectivity index is 2.17. The van der Waals surface area contributed by atoms with Gasteiger partial charge in [0, 0.05) is 18.1 Å². The molecule has 0 aliphatic carbocycles. The summed E-state index contributed by atoms with van der Waals surface area (Å²) in [6, 6.07) is 8.24. The van der Waals surface area contributed by atoms with Crippen molar-refractivity contribution in [2.45, 2.75) is 33.6 Å². The van der Waals surface area contributed by atoms with Crippen molar-refractivity contribution in [3.63, 3.8) is 0 Å². The van der Waals surface area contributed by atoms with Gasteiger partial charge in [-0.05, 0) is 37.0 Å². The predicted molar refractivity (Wildman–Crippen MR) is 86.3 cm³/mol. The summed E-state index contributed by atoms with van der Waals surface area (Å²) in [5.41, 5.74) is 4.63. The molecule has 4 nitrogen and oxygen atoms in total. The van der Waals surface area contributed by atoms with Gasteiger partial charge in [0.05, 0.1) is 5.69 Å². The third kappa shape index (κ3) is 2.37. The number of aromatic nitrogens is 3. The molecule has 2 aromatic heterocycles. The average molecular weight is 280 g/mol. The van der Waals surface area contributed by atoms with Gasteiger partial charge in [-0.3, -0.25) is 4.40 Å². The highest BCUT2D eigenvalue weighted by molar-refractivity contribution is 5.68. The van der Waals surface area contributed by atoms with Gasteiger partial charge < -0.3 is 5.32 Å². The standard InChI is InChI=1S/C17H20N4/c1-11(2)14-16(21-10-6-9-18-17(21)20-14)19-15-12(3)7-5-8-13(15)4/h5-11,19H,1-4H3. The van der Waals surface area contributed by atoms with E-state index in [4.69, 9.17) is 0 Å². The van der Waals surface area contributed by atoms with Gasteiger partial charge in [0.25, 0.3) is 0 Å². The third-order valence-electron chi connectivity index (χ3n) is 3.70. The van der Waals surface area contributed by atoms with E-state index >= 15 is 0 Å². The van der Waals surface area contributed by atoms with Crippen molar-refractivity contribution >= 4 is 17.3 Å². The highest BCUT2D eigenvalue weighted by atomic mass is 15.2. The molecule has 1 N–H and O–H groups in total. The topological polar surface area (TPSA) is 42.2 Å². The van der Waals surface area contributed by atoms with Gasteiger partial charge in [-0.2, -0.15) is 0 Å². The molecule has 21 heavy (non-hydrogen) atoms. The number of anilines is 2. The second kappa shape index (κ2) is 5.20. The molecule has 0 aliphatic heterocycles. The fraction of sp³-hybridized carbons (Fsp3) is 0.294. The lowest BCUT2D eigenvalue weighted by Gasteiger charge is -2.14. The van der Waals surface area contributed by atoms with Crippen molar-refractivity contribution in [2.75, 3.05) is 5.32 Å². The van der Waals surface area contributed by atoms with Crippen molar-refractivity contribution < 1.29 is 0 Å². The van der Waals surface area contributed by atoms with Crippen LogP contribution in [0.15, 0.2) is 36.7 Å². The van der Waals surface area contributed by atoms with E-state index in [1.165, 1.54) is 11.1 Å². The van der Waals surface area contributed by atoms with E-state index in [-0.39, 0.29) is 0 Å². The maximum Gasteiger partial charge on any atom is 0.235 e. The molecule has 0 unspecified atom stereocenters. The van der Waals surface area contributed by atoms with Gasteiger partial charge in [-0.1, -0.05) is 32.0 Å². The zero-order valence-corrected chi connectivity index (χ0v) is 12.9. The molecular formula is C17H20N4. The minimum Gasteiger partial charge on any atom is -0.339 e. The predicted octanol–water partition coefficient (Wildman–Crippen LogP) is 4.21. The summed E-state index contributed by atoms with van der Waals surface area (Å²) in [7, 11) is 0. The Morgan fingerprint density at radius 3 is 2.48 bits per heavy atom. The lowest BCUT2D eigenvalue weighted by molar-refractivity contribution is 0.836. The second-order valence-electron chi connectivity index (χ2n) is 5.68. The van der Waals surface area contributed by atoms with Crippen molar-refractivity contribution in [3.05, 3.63) is 53.5 Å². The highest BCUT2D eigenvalue weighted by Gasteiger charge is 2.16. The lowest BCUT2D eigenvalue weighted by Crippen LogP contribution is -2.02. The van der Waals surface area contributed by atoms with Gasteiger partial charge in [0.1, 0.15) is 5.82 Å². The number of rotatable bonds is 3. The van der Waals surface area contributed by atoms with E-state index < -0.39 is 0 Å². The van der Waals surface area contributed by atoms with Crippen LogP contribution in [0.1, 0.15) is 36.6 Å². The van der Waals surface area contributed by atoms with Crippen LogP contribution < -0.4 is 5.32 Å². The normalized spacial score (nSPS) is 11.3. The number of hydrogen-bond donors (Lipinski definition) is 1. The average Bonchev–Trinajstić information content (AvgIpc) is 2.82. The molecule has 0 fully saturated rings. The summed E-state index contributed by atoms with van der Waals surface area (Å²) < 4.78 is 2.02. The maximum atomic E-state index is 4.66. The van der Waals surface area contributed by atoms with E-state index in [2.05, 4.69) is 61.2 Å². The number of aryl methyl sites for hydroxylation is 2. The van der Waals surface area contributed by atoms with Crippen molar-refractivity contribution in [2.24, 2.45) is 0 Å². The first-order valence-electron chi connectivity index (χ1n) is 7.24. The summed E-state index contributed by atoms with van der Waals surface area (Å²) in [5, 5.41) is 3.57. The quantitative estimate of drug-likeness (QED) is 0.781. The minimum atomic E-state index is 0.332. The number of nitrogens with zero attached hydrogens (tertiary/aromatic N) is 3. The highest BCUT2D eigenvalue weighted by Crippen LogP contribution is 2.30. The van der Waals surface area contributed by atoms with Gasteiger partial charge in [0.15, 0.2) is 0 Å². The molecule has 0 atom stereocenters. The van der Waals surface area contributed by atoms with Crippen LogP contribution in [0.3, 0.4) is 0 Å². The molecule has 108 valence electrons. The number of imidazole rings is 1. The SMILES string of the molecule is Cc1cccc(C)c1Nc1c(C(C)C)nc2ncccn12. The Morgan fingerprint density at radius 2 is 1.81 bits per heavy atom. The fourth-order valence-corrected chi connectivity index (χ4v) is 2.56. The second-order valence-corrected chi connectivity index (χ2v) is 5.68. The molecule has 0 bridgehead atoms. The van der Waals surface area contributed by atoms with E-state index in [0.29, 0.717) is 5.92 Å². The zero-order valence-electron chi connectivity index (χ0n) is 12.9. The Bertz CT molecular complexity index is 766. The van der Waals surface area contributed by atoms with Crippen LogP contribution in [0.25, 0.3) is 5.78 Å². The van der Waals surface area contributed by atoms with Crippen LogP contribution in [0.5, 0.6) is 0 Å². The molecule has 1 aromatic carbocycles. The molecule has 4 heteroatoms. The van der Waals surface area contributed by atoms with Crippen LogP contribution in [0.2, 0.25) is 0 Å². The van der Waals surface area contributed by atoms with Crippen LogP contribution in [-0.2, 0) is 0 Å². The number of para-hydroxylation sites is 1. The zero-order chi connectivity index (χ0) is 15.0. The molecule has 0 aliphatic rings. The Labute approximate surface area is 124 Å². The summed E-state index contributed by atoms with van der Waals surface area (Å²) in [4.78, 5) is 9.00. The van der Waals surface area contributed by atoms with E-state index in [0.717, 1.165) is 23.0 Å². The first kappa shape index (κ1) is 13.6. The van der Waals surface area contributed by atoms with E-state index in [9.17, 15) is 0 Å². The number of fused-ring (bicyclic) bond motifs is 1. The molecule has 0 amide bonds. The fourth-order valence-electron chi connectivity index (χ4n) is 2.56. The smallest absolute Gasteiger partial charge is 0.235 e. The van der Waals surface area contributed by atoms with Gasteiger partial charge in [-0.15, -0.1) is 0 Å². The summed E-state index contributed by atoms with van der Waals surface area (Å²) in [6.45, 7) is 8.53. The maximum absolute atomic E-state index is 4.66. The van der Waals surface area contributed by atoms with E-state index in [1.54, 1.807) is 6.20 Å². The molecule has 3 aromatic rings. The number of benzene rings is 1. The van der Waals surface area contributed by atoms with E-state index in [1.807, 2.05) is 16.7 Å². The van der Waals surface area contributed by atoms with Gasteiger partial charge in [0.2, 0.25) is 5.78 Å². The van der Waals surface area contributed by atoms with Crippen LogP contribution in [0, 0.1) is 13.8 Å². The minimum absolute atomic E-state index is 0.332. The van der Waals surface area contributed by atoms with Crippen LogP contribution >= 0.6 is 0 Å². The first-order valence-corrected chi connectivity index (χ1v) is 7.24. The Hall–Kier alpha value is -2.36. The molecular weight excluding hydrogens is 260 g/mol. The third-order valence-corrected chi connectivity index (χ3v) is 3.70. The van der Waals surface area contributed by atoms with Gasteiger partial charge in [-0.25, -0.2) is 9.97 Å². The molecule has 0 radical (unpaired) electrons. The van der Waals surface area contributed by atoms with Crippen molar-refractivity contribution in [1.29, 1.82) is 0 Å². The Kier molecular flexibility index (Phi) is 3.37. The number of nitrogens with one attached hydrogen (secondary N) is 1. The monoisotopic (exact) mass is 280 g/mol. The Morgan fingerprint density at radius 1 is 1.10 bits per heavy atom. The van der Waals surface area contributed by atoms with Crippen molar-refractivity contribution in [1.82, 2.24) is 14.4 Å². The molecule has 0 spiro atoms. The summed E-state index contributed by atoms with van der Waals surface area (Å²) in [5.74, 6) is 2.07. The molecule has 3 rings (SSSR count). The molecule has 2 heterocycles. The van der Waals surface area contributed by atoms with Crippen molar-refractivity contribution in [3.8, 4) is 0 Å². The largest absolute Gasteiger partial charge is 0.339 e. The number of hydrogen-bond acceptors (Lipinski definition) is 3. The molecule has 0 saturated carbocycles.